The maximum absolute atomic E-state index is 13.4. The summed E-state index contributed by atoms with van der Waals surface area (Å²) < 4.78 is 8.02. The van der Waals surface area contributed by atoms with Crippen molar-refractivity contribution in [3.8, 4) is 5.75 Å². The zero-order valence-electron chi connectivity index (χ0n) is 15.6. The lowest BCUT2D eigenvalue weighted by atomic mass is 9.95. The molecule has 6 heteroatoms. The predicted molar refractivity (Wildman–Crippen MR) is 104 cm³/mol. The first-order valence-corrected chi connectivity index (χ1v) is 9.22. The Labute approximate surface area is 161 Å². The highest BCUT2D eigenvalue weighted by molar-refractivity contribution is 6.19. The number of carbonyl (C=O) groups is 3. The predicted octanol–water partition coefficient (Wildman–Crippen LogP) is 3.57. The smallest absolute Gasteiger partial charge is 0.253 e. The number of anilines is 1. The monoisotopic (exact) mass is 374 g/mol. The van der Waals surface area contributed by atoms with Crippen LogP contribution in [0.5, 0.6) is 5.75 Å². The molecular weight excluding hydrogens is 356 g/mol. The van der Waals surface area contributed by atoms with Gasteiger partial charge in [-0.1, -0.05) is 24.3 Å². The van der Waals surface area contributed by atoms with E-state index in [9.17, 15) is 14.4 Å². The number of carbonyl (C=O) groups excluding carboxylic acids is 3. The van der Waals surface area contributed by atoms with E-state index >= 15 is 0 Å². The highest BCUT2D eigenvalue weighted by Crippen LogP contribution is 2.48. The Hall–Kier alpha value is -3.41. The number of aromatic nitrogens is 1. The van der Waals surface area contributed by atoms with Gasteiger partial charge in [-0.25, -0.2) is 0 Å². The van der Waals surface area contributed by atoms with Gasteiger partial charge < -0.3 is 4.74 Å². The number of nitrogens with zero attached hydrogens (tertiary/aromatic N) is 2. The van der Waals surface area contributed by atoms with Crippen LogP contribution < -0.4 is 9.64 Å². The molecule has 0 saturated carbocycles. The molecule has 0 saturated heterocycles. The minimum absolute atomic E-state index is 0.110. The van der Waals surface area contributed by atoms with Gasteiger partial charge in [0.1, 0.15) is 0 Å². The van der Waals surface area contributed by atoms with Crippen molar-refractivity contribution in [3.05, 3.63) is 59.8 Å². The van der Waals surface area contributed by atoms with Crippen LogP contribution in [0, 0.1) is 0 Å². The molecule has 0 radical (unpaired) electrons. The van der Waals surface area contributed by atoms with E-state index in [1.54, 1.807) is 28.8 Å². The van der Waals surface area contributed by atoms with Crippen LogP contribution in [0.25, 0.3) is 10.9 Å². The molecule has 0 fully saturated rings. The van der Waals surface area contributed by atoms with Crippen LogP contribution in [0.4, 0.5) is 5.69 Å². The van der Waals surface area contributed by atoms with E-state index in [-0.39, 0.29) is 24.0 Å². The number of fused-ring (bicyclic) bond motifs is 4. The van der Waals surface area contributed by atoms with Crippen molar-refractivity contribution in [1.29, 1.82) is 0 Å². The van der Waals surface area contributed by atoms with Crippen LogP contribution in [0.2, 0.25) is 0 Å². The largest absolute Gasteiger partial charge is 0.457 e. The summed E-state index contributed by atoms with van der Waals surface area (Å²) in [6.45, 7) is 2.95. The summed E-state index contributed by atoms with van der Waals surface area (Å²) in [5, 5.41) is 0.763. The highest BCUT2D eigenvalue weighted by Gasteiger charge is 2.57. The molecule has 6 nitrogen and oxygen atoms in total. The van der Waals surface area contributed by atoms with Crippen LogP contribution >= 0.6 is 0 Å². The fourth-order valence-electron chi connectivity index (χ4n) is 4.58. The summed E-state index contributed by atoms with van der Waals surface area (Å²) >= 11 is 0. The van der Waals surface area contributed by atoms with Crippen LogP contribution in [0.1, 0.15) is 41.1 Å². The van der Waals surface area contributed by atoms with Crippen molar-refractivity contribution in [3.63, 3.8) is 0 Å². The lowest BCUT2D eigenvalue weighted by Gasteiger charge is -2.39. The van der Waals surface area contributed by atoms with Gasteiger partial charge in [0.2, 0.25) is 17.6 Å². The fraction of sp³-hybridized carbons (Fsp3) is 0.227. The lowest BCUT2D eigenvalue weighted by Crippen LogP contribution is -2.58. The van der Waals surface area contributed by atoms with E-state index in [4.69, 9.17) is 4.74 Å². The summed E-state index contributed by atoms with van der Waals surface area (Å²) in [6.07, 6.45) is 0.740. The fourth-order valence-corrected chi connectivity index (χ4v) is 4.58. The summed E-state index contributed by atoms with van der Waals surface area (Å²) in [5.41, 5.74) is 1.13. The molecule has 0 aliphatic carbocycles. The molecule has 0 N–H and O–H groups in total. The Morgan fingerprint density at radius 3 is 2.46 bits per heavy atom. The van der Waals surface area contributed by atoms with E-state index in [2.05, 4.69) is 0 Å². The number of rotatable bonds is 0. The standard InChI is InChI=1S/C22H18N2O4/c1-13(25)23-17-9-5-3-7-15(17)20-19(23)11-12-22(28-20)21(27)16-8-4-6-10-18(16)24(22)14(2)26/h3-10H,11-12H2,1-2H3. The van der Waals surface area contributed by atoms with Crippen molar-refractivity contribution >= 4 is 34.2 Å². The van der Waals surface area contributed by atoms with Gasteiger partial charge in [0.15, 0.2) is 5.75 Å². The number of ketones is 1. The summed E-state index contributed by atoms with van der Waals surface area (Å²) in [7, 11) is 0. The lowest BCUT2D eigenvalue weighted by molar-refractivity contribution is -0.119. The van der Waals surface area contributed by atoms with E-state index in [0.717, 1.165) is 16.6 Å². The second-order valence-electron chi connectivity index (χ2n) is 7.23. The van der Waals surface area contributed by atoms with E-state index in [0.29, 0.717) is 23.4 Å². The first kappa shape index (κ1) is 16.7. The molecule has 0 bridgehead atoms. The third-order valence-electron chi connectivity index (χ3n) is 5.63. The van der Waals surface area contributed by atoms with E-state index in [1.165, 1.54) is 18.7 Å². The van der Waals surface area contributed by atoms with Gasteiger partial charge in [-0.3, -0.25) is 23.9 Å². The second-order valence-corrected chi connectivity index (χ2v) is 7.23. The molecule has 1 atom stereocenters. The Balaban J connectivity index is 1.75. The summed E-state index contributed by atoms with van der Waals surface area (Å²) in [6, 6.07) is 14.5. The number of ether oxygens (including phenoxy) is 1. The molecule has 2 aliphatic rings. The first-order valence-electron chi connectivity index (χ1n) is 9.22. The average molecular weight is 374 g/mol. The Morgan fingerprint density at radius 1 is 1.00 bits per heavy atom. The molecule has 2 aliphatic heterocycles. The molecule has 3 aromatic rings. The minimum Gasteiger partial charge on any atom is -0.457 e. The third kappa shape index (κ3) is 1.94. The molecule has 2 aromatic carbocycles. The zero-order chi connectivity index (χ0) is 19.6. The van der Waals surface area contributed by atoms with Crippen molar-refractivity contribution in [2.75, 3.05) is 4.90 Å². The van der Waals surface area contributed by atoms with Crippen molar-refractivity contribution in [2.24, 2.45) is 0 Å². The SMILES string of the molecule is CC(=O)N1c2ccccc2C(=O)C12CCc1c(c3ccccc3n1C(C)=O)O2. The number of Topliss-reactive ketones (excluding diaryl/α,β-unsaturated/α-hetero) is 1. The quantitative estimate of drug-likeness (QED) is 0.603. The van der Waals surface area contributed by atoms with Gasteiger partial charge in [-0.2, -0.15) is 0 Å². The zero-order valence-corrected chi connectivity index (χ0v) is 15.6. The Kier molecular flexibility index (Phi) is 3.32. The number of para-hydroxylation sites is 2. The molecule has 1 aromatic heterocycles. The molecule has 28 heavy (non-hydrogen) atoms. The van der Waals surface area contributed by atoms with Crippen LogP contribution in [-0.2, 0) is 11.2 Å². The van der Waals surface area contributed by atoms with Crippen LogP contribution in [-0.4, -0.2) is 27.9 Å². The van der Waals surface area contributed by atoms with Gasteiger partial charge in [0.25, 0.3) is 5.72 Å². The topological polar surface area (TPSA) is 68.6 Å². The molecule has 140 valence electrons. The van der Waals surface area contributed by atoms with Gasteiger partial charge in [-0.15, -0.1) is 0 Å². The number of hydrogen-bond donors (Lipinski definition) is 0. The van der Waals surface area contributed by atoms with Crippen LogP contribution in [0.15, 0.2) is 48.5 Å². The molecule has 1 amide bonds. The normalized spacial score (nSPS) is 20.2. The van der Waals surface area contributed by atoms with Crippen LogP contribution in [0.3, 0.4) is 0 Å². The van der Waals surface area contributed by atoms with Gasteiger partial charge in [-0.05, 0) is 30.7 Å². The van der Waals surface area contributed by atoms with Crippen molar-refractivity contribution in [1.82, 2.24) is 4.57 Å². The maximum Gasteiger partial charge on any atom is 0.253 e. The maximum atomic E-state index is 13.4. The van der Waals surface area contributed by atoms with Gasteiger partial charge >= 0.3 is 0 Å². The van der Waals surface area contributed by atoms with E-state index < -0.39 is 5.72 Å². The number of amides is 1. The molecule has 3 heterocycles. The van der Waals surface area contributed by atoms with Crippen molar-refractivity contribution < 1.29 is 19.1 Å². The minimum atomic E-state index is -1.41. The average Bonchev–Trinajstić information content (AvgIpc) is 3.13. The Bertz CT molecular complexity index is 1190. The van der Waals surface area contributed by atoms with E-state index in [1.807, 2.05) is 24.3 Å². The van der Waals surface area contributed by atoms with Gasteiger partial charge in [0, 0.05) is 31.2 Å². The molecular formula is C22H18N2O4. The Morgan fingerprint density at radius 2 is 1.71 bits per heavy atom. The second kappa shape index (κ2) is 5.55. The number of benzene rings is 2. The summed E-state index contributed by atoms with van der Waals surface area (Å²) in [5.74, 6) is -0.0772. The highest BCUT2D eigenvalue weighted by atomic mass is 16.5. The van der Waals surface area contributed by atoms with Gasteiger partial charge in [0.05, 0.1) is 16.9 Å². The molecule has 5 rings (SSSR count). The number of hydrogen-bond acceptors (Lipinski definition) is 4. The first-order chi connectivity index (χ1) is 13.5. The van der Waals surface area contributed by atoms with Crippen molar-refractivity contribution in [2.45, 2.75) is 32.4 Å². The third-order valence-corrected chi connectivity index (χ3v) is 5.63. The molecule has 1 spiro atoms. The molecule has 1 unspecified atom stereocenters. The summed E-state index contributed by atoms with van der Waals surface area (Å²) in [4.78, 5) is 39.7.